The summed E-state index contributed by atoms with van der Waals surface area (Å²) in [7, 11) is 0. The van der Waals surface area contributed by atoms with Crippen LogP contribution in [0.5, 0.6) is 0 Å². The highest BCUT2D eigenvalue weighted by molar-refractivity contribution is 5.20. The van der Waals surface area contributed by atoms with Crippen LogP contribution in [0.4, 0.5) is 13.2 Å². The second kappa shape index (κ2) is 3.55. The van der Waals surface area contributed by atoms with Gasteiger partial charge in [-0.2, -0.15) is 0 Å². The first kappa shape index (κ1) is 9.02. The van der Waals surface area contributed by atoms with Gasteiger partial charge >= 0.3 is 0 Å². The van der Waals surface area contributed by atoms with Crippen LogP contribution in [0.2, 0.25) is 0 Å². The number of benzene rings is 1. The van der Waals surface area contributed by atoms with Crippen molar-refractivity contribution in [2.24, 2.45) is 5.84 Å². The van der Waals surface area contributed by atoms with E-state index >= 15 is 0 Å². The number of hydrazine groups is 1. The van der Waals surface area contributed by atoms with E-state index in [1.54, 1.807) is 0 Å². The predicted octanol–water partition coefficient (Wildman–Crippen LogP) is 1.07. The summed E-state index contributed by atoms with van der Waals surface area (Å²) in [6, 6.07) is 1.21. The van der Waals surface area contributed by atoms with E-state index in [-0.39, 0.29) is 12.1 Å². The lowest BCUT2D eigenvalue weighted by molar-refractivity contribution is 0.513. The Labute approximate surface area is 67.2 Å². The molecule has 0 amide bonds. The van der Waals surface area contributed by atoms with Crippen LogP contribution in [0.1, 0.15) is 5.56 Å². The van der Waals surface area contributed by atoms with Gasteiger partial charge in [-0.1, -0.05) is 0 Å². The van der Waals surface area contributed by atoms with Gasteiger partial charge in [-0.3, -0.25) is 11.3 Å². The van der Waals surface area contributed by atoms with E-state index in [9.17, 15) is 13.2 Å². The summed E-state index contributed by atoms with van der Waals surface area (Å²) in [5.41, 5.74) is 1.82. The number of nitrogens with two attached hydrogens (primary N) is 1. The van der Waals surface area contributed by atoms with Crippen molar-refractivity contribution in [2.75, 3.05) is 0 Å². The fourth-order valence-electron chi connectivity index (χ4n) is 0.843. The molecule has 1 aromatic carbocycles. The molecule has 0 radical (unpaired) electrons. The highest BCUT2D eigenvalue weighted by Crippen LogP contribution is 2.13. The van der Waals surface area contributed by atoms with Gasteiger partial charge in [-0.05, 0) is 0 Å². The Morgan fingerprint density at radius 3 is 2.08 bits per heavy atom. The fraction of sp³-hybridized carbons (Fsp3) is 0.143. The summed E-state index contributed by atoms with van der Waals surface area (Å²) in [5, 5.41) is 0. The van der Waals surface area contributed by atoms with Crippen molar-refractivity contribution in [1.82, 2.24) is 5.43 Å². The highest BCUT2D eigenvalue weighted by Gasteiger charge is 2.09. The topological polar surface area (TPSA) is 38.0 Å². The van der Waals surface area contributed by atoms with Gasteiger partial charge in [0.2, 0.25) is 0 Å². The van der Waals surface area contributed by atoms with Crippen molar-refractivity contribution in [3.63, 3.8) is 0 Å². The predicted molar refractivity (Wildman–Crippen MR) is 37.3 cm³/mol. The lowest BCUT2D eigenvalue weighted by Gasteiger charge is -2.03. The van der Waals surface area contributed by atoms with Crippen LogP contribution in [-0.2, 0) is 6.54 Å². The molecule has 0 aliphatic carbocycles. The standard InChI is InChI=1S/C7H7F3N2/c8-4-1-6(9)5(3-12-11)7(10)2-4/h1-2,12H,3,11H2. The van der Waals surface area contributed by atoms with Crippen LogP contribution in [0, 0.1) is 17.5 Å². The second-order valence-corrected chi connectivity index (χ2v) is 2.23. The minimum absolute atomic E-state index is 0.169. The average Bonchev–Trinajstić information content (AvgIpc) is 1.96. The van der Waals surface area contributed by atoms with Gasteiger partial charge in [0.05, 0.1) is 0 Å². The van der Waals surface area contributed by atoms with Crippen LogP contribution < -0.4 is 11.3 Å². The van der Waals surface area contributed by atoms with Gasteiger partial charge in [0.15, 0.2) is 0 Å². The molecule has 0 aromatic heterocycles. The number of nitrogens with one attached hydrogen (secondary N) is 1. The average molecular weight is 176 g/mol. The molecule has 0 spiro atoms. The van der Waals surface area contributed by atoms with E-state index < -0.39 is 17.5 Å². The van der Waals surface area contributed by atoms with Gasteiger partial charge in [-0.15, -0.1) is 0 Å². The molecule has 12 heavy (non-hydrogen) atoms. The molecule has 0 aliphatic heterocycles. The van der Waals surface area contributed by atoms with Crippen LogP contribution in [0.3, 0.4) is 0 Å². The van der Waals surface area contributed by atoms with Crippen LogP contribution >= 0.6 is 0 Å². The van der Waals surface area contributed by atoms with Crippen molar-refractivity contribution >= 4 is 0 Å². The Bertz CT molecular complexity index is 265. The number of halogens is 3. The van der Waals surface area contributed by atoms with E-state index in [2.05, 4.69) is 5.43 Å². The summed E-state index contributed by atoms with van der Waals surface area (Å²) in [6.07, 6.45) is 0. The SMILES string of the molecule is NNCc1c(F)cc(F)cc1F. The van der Waals surface area contributed by atoms with Gasteiger partial charge in [0, 0.05) is 24.2 Å². The molecule has 3 N–H and O–H groups in total. The maximum absolute atomic E-state index is 12.7. The van der Waals surface area contributed by atoms with E-state index in [0.717, 1.165) is 0 Å². The van der Waals surface area contributed by atoms with E-state index in [4.69, 9.17) is 5.84 Å². The smallest absolute Gasteiger partial charge is 0.133 e. The first-order valence-corrected chi connectivity index (χ1v) is 3.22. The Morgan fingerprint density at radius 1 is 1.17 bits per heavy atom. The number of hydrogen-bond donors (Lipinski definition) is 2. The van der Waals surface area contributed by atoms with E-state index in [1.807, 2.05) is 0 Å². The van der Waals surface area contributed by atoms with Crippen molar-refractivity contribution in [1.29, 1.82) is 0 Å². The summed E-state index contributed by atoms with van der Waals surface area (Å²) < 4.78 is 37.8. The number of rotatable bonds is 2. The third-order valence-corrected chi connectivity index (χ3v) is 1.38. The zero-order valence-corrected chi connectivity index (χ0v) is 6.07. The second-order valence-electron chi connectivity index (χ2n) is 2.23. The van der Waals surface area contributed by atoms with E-state index in [1.165, 1.54) is 0 Å². The first-order chi connectivity index (χ1) is 5.65. The molecule has 0 bridgehead atoms. The minimum Gasteiger partial charge on any atom is -0.271 e. The Kier molecular flexibility index (Phi) is 2.67. The van der Waals surface area contributed by atoms with Gasteiger partial charge in [0.1, 0.15) is 17.5 Å². The monoisotopic (exact) mass is 176 g/mol. The molecule has 66 valence electrons. The van der Waals surface area contributed by atoms with Crippen molar-refractivity contribution in [3.8, 4) is 0 Å². The molecule has 5 heteroatoms. The van der Waals surface area contributed by atoms with Crippen LogP contribution in [0.15, 0.2) is 12.1 Å². The zero-order valence-electron chi connectivity index (χ0n) is 6.07. The van der Waals surface area contributed by atoms with Crippen LogP contribution in [-0.4, -0.2) is 0 Å². The third kappa shape index (κ3) is 1.75. The molecule has 2 nitrogen and oxygen atoms in total. The summed E-state index contributed by atoms with van der Waals surface area (Å²) in [4.78, 5) is 0. The van der Waals surface area contributed by atoms with E-state index in [0.29, 0.717) is 12.1 Å². The molecule has 0 saturated heterocycles. The lowest BCUT2D eigenvalue weighted by Crippen LogP contribution is -2.22. The van der Waals surface area contributed by atoms with Crippen molar-refractivity contribution in [2.45, 2.75) is 6.54 Å². The molecule has 0 atom stereocenters. The normalized spacial score (nSPS) is 10.3. The highest BCUT2D eigenvalue weighted by atomic mass is 19.1. The first-order valence-electron chi connectivity index (χ1n) is 3.22. The molecule has 0 fully saturated rings. The minimum atomic E-state index is -0.939. The third-order valence-electron chi connectivity index (χ3n) is 1.38. The molecule has 0 saturated carbocycles. The molecule has 1 rings (SSSR count). The molecular formula is C7H7F3N2. The summed E-state index contributed by atoms with van der Waals surface area (Å²) >= 11 is 0. The quantitative estimate of drug-likeness (QED) is 0.522. The Morgan fingerprint density at radius 2 is 1.67 bits per heavy atom. The van der Waals surface area contributed by atoms with Crippen molar-refractivity contribution in [3.05, 3.63) is 35.1 Å². The fourth-order valence-corrected chi connectivity index (χ4v) is 0.843. The van der Waals surface area contributed by atoms with Gasteiger partial charge in [0.25, 0.3) is 0 Å². The largest absolute Gasteiger partial charge is 0.271 e. The van der Waals surface area contributed by atoms with Gasteiger partial charge in [-0.25, -0.2) is 13.2 Å². The molecule has 0 aliphatic rings. The summed E-state index contributed by atoms with van der Waals surface area (Å²) in [5.74, 6) is 2.04. The maximum atomic E-state index is 12.7. The molecule has 0 unspecified atom stereocenters. The zero-order chi connectivity index (χ0) is 9.14. The Hall–Kier alpha value is -1.07. The number of hydrogen-bond acceptors (Lipinski definition) is 2. The Balaban J connectivity index is 3.10. The summed E-state index contributed by atoms with van der Waals surface area (Å²) in [6.45, 7) is -0.169. The maximum Gasteiger partial charge on any atom is 0.133 e. The molecule has 1 aromatic rings. The molecular weight excluding hydrogens is 169 g/mol. The van der Waals surface area contributed by atoms with Crippen LogP contribution in [0.25, 0.3) is 0 Å². The van der Waals surface area contributed by atoms with Gasteiger partial charge < -0.3 is 0 Å². The van der Waals surface area contributed by atoms with Crippen molar-refractivity contribution < 1.29 is 13.2 Å². The lowest BCUT2D eigenvalue weighted by atomic mass is 10.2. The molecule has 0 heterocycles.